The van der Waals surface area contributed by atoms with Crippen LogP contribution in [-0.4, -0.2) is 11.6 Å². The van der Waals surface area contributed by atoms with Crippen LogP contribution >= 0.6 is 15.9 Å². The smallest absolute Gasteiger partial charge is 0.338 e. The zero-order chi connectivity index (χ0) is 15.5. The van der Waals surface area contributed by atoms with E-state index in [2.05, 4.69) is 15.9 Å². The average Bonchev–Trinajstić information content (AvgIpc) is 2.40. The third-order valence-corrected chi connectivity index (χ3v) is 3.19. The average molecular weight is 349 g/mol. The van der Waals surface area contributed by atoms with E-state index in [9.17, 15) is 4.79 Å². The van der Waals surface area contributed by atoms with Crippen molar-refractivity contribution in [2.75, 3.05) is 0 Å². The molecule has 0 fully saturated rings. The number of para-hydroxylation sites is 1. The number of rotatable bonds is 3. The number of hydrogen-bond donors (Lipinski definition) is 0. The Balaban J connectivity index is 2.23. The number of halogens is 1. The Hall–Kier alpha value is -1.81. The summed E-state index contributed by atoms with van der Waals surface area (Å²) in [5, 5.41) is 0. The van der Waals surface area contributed by atoms with Gasteiger partial charge in [0.2, 0.25) is 0 Å². The number of carbonyl (C=O) groups is 1. The topological polar surface area (TPSA) is 35.5 Å². The second-order valence-electron chi connectivity index (χ2n) is 5.56. The Bertz CT molecular complexity index is 630. The third-order valence-electron chi connectivity index (χ3n) is 2.54. The van der Waals surface area contributed by atoms with Crippen molar-refractivity contribution in [2.45, 2.75) is 26.4 Å². The Morgan fingerprint density at radius 3 is 2.33 bits per heavy atom. The van der Waals surface area contributed by atoms with Crippen LogP contribution in [-0.2, 0) is 4.74 Å². The summed E-state index contributed by atoms with van der Waals surface area (Å²) in [5.41, 5.74) is -0.0657. The molecule has 2 aromatic rings. The van der Waals surface area contributed by atoms with Gasteiger partial charge in [-0.2, -0.15) is 0 Å². The van der Waals surface area contributed by atoms with Gasteiger partial charge in [-0.1, -0.05) is 18.2 Å². The van der Waals surface area contributed by atoms with Crippen LogP contribution in [0.25, 0.3) is 0 Å². The summed E-state index contributed by atoms with van der Waals surface area (Å²) in [6.07, 6.45) is 0. The Kier molecular flexibility index (Phi) is 4.68. The summed E-state index contributed by atoms with van der Waals surface area (Å²) < 4.78 is 11.9. The molecule has 0 aliphatic carbocycles. The van der Waals surface area contributed by atoms with Crippen molar-refractivity contribution in [3.8, 4) is 11.5 Å². The predicted molar refractivity (Wildman–Crippen MR) is 85.8 cm³/mol. The minimum Gasteiger partial charge on any atom is -0.456 e. The molecule has 0 saturated carbocycles. The van der Waals surface area contributed by atoms with Crippen LogP contribution in [0.15, 0.2) is 53.0 Å². The molecule has 0 aliphatic heterocycles. The van der Waals surface area contributed by atoms with Crippen molar-refractivity contribution in [3.63, 3.8) is 0 Å². The lowest BCUT2D eigenvalue weighted by Crippen LogP contribution is -2.23. The fourth-order valence-corrected chi connectivity index (χ4v) is 1.99. The van der Waals surface area contributed by atoms with Gasteiger partial charge in [-0.05, 0) is 67.0 Å². The normalized spacial score (nSPS) is 11.0. The summed E-state index contributed by atoms with van der Waals surface area (Å²) in [6.45, 7) is 5.52. The molecule has 0 atom stereocenters. The van der Waals surface area contributed by atoms with E-state index in [1.165, 1.54) is 0 Å². The van der Waals surface area contributed by atoms with Gasteiger partial charge in [0, 0.05) is 0 Å². The first-order valence-corrected chi connectivity index (χ1v) is 7.40. The Labute approximate surface area is 133 Å². The van der Waals surface area contributed by atoms with Crippen LogP contribution in [0.4, 0.5) is 0 Å². The van der Waals surface area contributed by atoms with Crippen LogP contribution < -0.4 is 4.74 Å². The van der Waals surface area contributed by atoms with Crippen molar-refractivity contribution >= 4 is 21.9 Å². The van der Waals surface area contributed by atoms with Crippen molar-refractivity contribution in [1.29, 1.82) is 0 Å². The van der Waals surface area contributed by atoms with Gasteiger partial charge >= 0.3 is 5.97 Å². The largest absolute Gasteiger partial charge is 0.456 e. The molecule has 3 nitrogen and oxygen atoms in total. The highest BCUT2D eigenvalue weighted by molar-refractivity contribution is 9.10. The van der Waals surface area contributed by atoms with Crippen LogP contribution in [0.2, 0.25) is 0 Å². The Morgan fingerprint density at radius 1 is 1.05 bits per heavy atom. The van der Waals surface area contributed by atoms with Crippen molar-refractivity contribution in [3.05, 3.63) is 58.6 Å². The quantitative estimate of drug-likeness (QED) is 0.715. The fraction of sp³-hybridized carbons (Fsp3) is 0.235. The molecule has 0 radical (unpaired) electrons. The maximum atomic E-state index is 12.1. The van der Waals surface area contributed by atoms with Crippen LogP contribution in [0, 0.1) is 0 Å². The minimum absolute atomic E-state index is 0.368. The first-order chi connectivity index (χ1) is 9.85. The molecular formula is C17H17BrO3. The van der Waals surface area contributed by atoms with Gasteiger partial charge in [-0.3, -0.25) is 0 Å². The highest BCUT2D eigenvalue weighted by Crippen LogP contribution is 2.31. The molecule has 0 saturated heterocycles. The fourth-order valence-electron chi connectivity index (χ4n) is 1.66. The number of ether oxygens (including phenoxy) is 2. The minimum atomic E-state index is -0.523. The lowest BCUT2D eigenvalue weighted by molar-refractivity contribution is 0.00692. The van der Waals surface area contributed by atoms with Crippen LogP contribution in [0.5, 0.6) is 11.5 Å². The molecule has 4 heteroatoms. The zero-order valence-corrected chi connectivity index (χ0v) is 13.8. The molecule has 0 amide bonds. The lowest BCUT2D eigenvalue weighted by Gasteiger charge is -2.19. The number of esters is 1. The second kappa shape index (κ2) is 6.31. The zero-order valence-electron chi connectivity index (χ0n) is 12.2. The van der Waals surface area contributed by atoms with Gasteiger partial charge in [0.15, 0.2) is 0 Å². The van der Waals surface area contributed by atoms with Crippen molar-refractivity contribution in [1.82, 2.24) is 0 Å². The summed E-state index contributed by atoms with van der Waals surface area (Å²) in [4.78, 5) is 12.1. The van der Waals surface area contributed by atoms with E-state index in [0.717, 1.165) is 4.47 Å². The van der Waals surface area contributed by atoms with Crippen LogP contribution in [0.1, 0.15) is 31.1 Å². The van der Waals surface area contributed by atoms with Crippen LogP contribution in [0.3, 0.4) is 0 Å². The molecule has 0 unspecified atom stereocenters. The first kappa shape index (κ1) is 15.6. The third kappa shape index (κ3) is 4.60. The van der Waals surface area contributed by atoms with E-state index in [4.69, 9.17) is 9.47 Å². The van der Waals surface area contributed by atoms with Gasteiger partial charge < -0.3 is 9.47 Å². The maximum absolute atomic E-state index is 12.1. The number of benzene rings is 2. The Morgan fingerprint density at radius 2 is 1.71 bits per heavy atom. The number of carbonyl (C=O) groups excluding carboxylic acids is 1. The van der Waals surface area contributed by atoms with Crippen molar-refractivity contribution < 1.29 is 14.3 Å². The van der Waals surface area contributed by atoms with Gasteiger partial charge in [0.05, 0.1) is 10.0 Å². The summed E-state index contributed by atoms with van der Waals surface area (Å²) in [7, 11) is 0. The first-order valence-electron chi connectivity index (χ1n) is 6.61. The molecule has 2 aromatic carbocycles. The van der Waals surface area contributed by atoms with E-state index in [-0.39, 0.29) is 5.97 Å². The van der Waals surface area contributed by atoms with E-state index in [0.29, 0.717) is 17.1 Å². The lowest BCUT2D eigenvalue weighted by atomic mass is 10.1. The van der Waals surface area contributed by atoms with Gasteiger partial charge in [-0.15, -0.1) is 0 Å². The molecule has 0 spiro atoms. The van der Waals surface area contributed by atoms with E-state index >= 15 is 0 Å². The van der Waals surface area contributed by atoms with Crippen molar-refractivity contribution in [2.24, 2.45) is 0 Å². The monoisotopic (exact) mass is 348 g/mol. The molecule has 0 bridgehead atoms. The van der Waals surface area contributed by atoms with E-state index in [1.807, 2.05) is 51.1 Å². The SMILES string of the molecule is CC(C)(C)OC(=O)c1ccc(Br)c(Oc2ccccc2)c1. The summed E-state index contributed by atoms with van der Waals surface area (Å²) in [6, 6.07) is 14.6. The van der Waals surface area contributed by atoms with Gasteiger partial charge in [0.1, 0.15) is 17.1 Å². The van der Waals surface area contributed by atoms with E-state index < -0.39 is 5.60 Å². The molecule has 110 valence electrons. The molecule has 0 heterocycles. The maximum Gasteiger partial charge on any atom is 0.338 e. The van der Waals surface area contributed by atoms with Gasteiger partial charge in [-0.25, -0.2) is 4.79 Å². The summed E-state index contributed by atoms with van der Waals surface area (Å²) in [5.74, 6) is 0.914. The van der Waals surface area contributed by atoms with E-state index in [1.54, 1.807) is 18.2 Å². The molecule has 21 heavy (non-hydrogen) atoms. The standard InChI is InChI=1S/C17H17BrO3/c1-17(2,3)21-16(19)12-9-10-14(18)15(11-12)20-13-7-5-4-6-8-13/h4-11H,1-3H3. The summed E-state index contributed by atoms with van der Waals surface area (Å²) >= 11 is 3.42. The van der Waals surface area contributed by atoms with Gasteiger partial charge in [0.25, 0.3) is 0 Å². The highest BCUT2D eigenvalue weighted by atomic mass is 79.9. The molecular weight excluding hydrogens is 332 g/mol. The molecule has 0 aliphatic rings. The number of hydrogen-bond acceptors (Lipinski definition) is 3. The highest BCUT2D eigenvalue weighted by Gasteiger charge is 2.19. The molecule has 0 aromatic heterocycles. The molecule has 2 rings (SSSR count). The molecule has 0 N–H and O–H groups in total. The predicted octanol–water partition coefficient (Wildman–Crippen LogP) is 5.20. The second-order valence-corrected chi connectivity index (χ2v) is 6.42.